The lowest BCUT2D eigenvalue weighted by atomic mass is 9.71. The number of ether oxygens (including phenoxy) is 1. The Morgan fingerprint density at radius 3 is 1.92 bits per heavy atom. The number of ketones is 3. The van der Waals surface area contributed by atoms with E-state index >= 15 is 0 Å². The minimum atomic E-state index is -1.31. The van der Waals surface area contributed by atoms with Gasteiger partial charge in [-0.15, -0.1) is 0 Å². The van der Waals surface area contributed by atoms with E-state index in [2.05, 4.69) is 0 Å². The number of hydrogen-bond donors (Lipinski definition) is 0. The van der Waals surface area contributed by atoms with Gasteiger partial charge >= 0.3 is 0 Å². The highest BCUT2D eigenvalue weighted by Crippen LogP contribution is 2.44. The van der Waals surface area contributed by atoms with Gasteiger partial charge in [0.15, 0.2) is 17.3 Å². The van der Waals surface area contributed by atoms with Crippen LogP contribution in [0.3, 0.4) is 0 Å². The Morgan fingerprint density at radius 1 is 0.763 bits per heavy atom. The Hall–Kier alpha value is -4.22. The van der Waals surface area contributed by atoms with E-state index in [0.717, 1.165) is 5.69 Å². The fraction of sp³-hybridized carbons (Fsp3) is 0.156. The molecule has 1 heterocycles. The topological polar surface area (TPSA) is 63.7 Å². The number of benzene rings is 4. The molecule has 0 spiro atoms. The van der Waals surface area contributed by atoms with Gasteiger partial charge in [-0.1, -0.05) is 54.1 Å². The van der Waals surface area contributed by atoms with Crippen molar-refractivity contribution in [1.29, 1.82) is 0 Å². The third kappa shape index (κ3) is 4.85. The van der Waals surface area contributed by atoms with E-state index in [9.17, 15) is 14.4 Å². The molecular formula is C32H26ClNO4. The first-order valence-electron chi connectivity index (χ1n) is 12.3. The summed E-state index contributed by atoms with van der Waals surface area (Å²) in [5.41, 5.74) is 2.63. The first-order valence-corrected chi connectivity index (χ1v) is 12.7. The highest BCUT2D eigenvalue weighted by atomic mass is 35.5. The molecule has 1 aliphatic rings. The van der Waals surface area contributed by atoms with Crippen molar-refractivity contribution in [1.82, 2.24) is 0 Å². The van der Waals surface area contributed by atoms with Gasteiger partial charge in [-0.2, -0.15) is 0 Å². The van der Waals surface area contributed by atoms with Crippen molar-refractivity contribution < 1.29 is 19.1 Å². The van der Waals surface area contributed by atoms with Crippen LogP contribution in [-0.4, -0.2) is 31.4 Å². The van der Waals surface area contributed by atoms with E-state index < -0.39 is 29.5 Å². The van der Waals surface area contributed by atoms with Gasteiger partial charge in [-0.3, -0.25) is 14.4 Å². The first kappa shape index (κ1) is 25.4. The van der Waals surface area contributed by atoms with Gasteiger partial charge in [0.05, 0.1) is 17.4 Å². The third-order valence-electron chi connectivity index (χ3n) is 6.88. The molecule has 0 N–H and O–H groups in total. The van der Waals surface area contributed by atoms with Gasteiger partial charge in [0, 0.05) is 35.9 Å². The molecule has 0 aromatic heterocycles. The Labute approximate surface area is 226 Å². The molecule has 190 valence electrons. The van der Waals surface area contributed by atoms with Gasteiger partial charge in [0.1, 0.15) is 11.9 Å². The summed E-state index contributed by atoms with van der Waals surface area (Å²) in [7, 11) is 3.81. The number of anilines is 1. The van der Waals surface area contributed by atoms with Crippen LogP contribution < -0.4 is 9.64 Å². The highest BCUT2D eigenvalue weighted by molar-refractivity contribution is 6.30. The zero-order valence-corrected chi connectivity index (χ0v) is 21.8. The summed E-state index contributed by atoms with van der Waals surface area (Å²) < 4.78 is 6.37. The van der Waals surface area contributed by atoms with Crippen LogP contribution in [0.1, 0.15) is 42.7 Å². The molecule has 3 unspecified atom stereocenters. The number of halogens is 1. The zero-order valence-electron chi connectivity index (χ0n) is 21.0. The Bertz CT molecular complexity index is 1480. The number of nitrogens with zero attached hydrogens (tertiary/aromatic N) is 1. The molecular weight excluding hydrogens is 498 g/mol. The maximum Gasteiger partial charge on any atom is 0.174 e. The van der Waals surface area contributed by atoms with Gasteiger partial charge in [-0.05, 0) is 66.2 Å². The van der Waals surface area contributed by atoms with Crippen molar-refractivity contribution in [2.45, 2.75) is 6.10 Å². The summed E-state index contributed by atoms with van der Waals surface area (Å²) in [4.78, 5) is 44.3. The number of fused-ring (bicyclic) bond motifs is 1. The molecule has 0 bridgehead atoms. The number of para-hydroxylation sites is 1. The molecule has 4 aromatic rings. The summed E-state index contributed by atoms with van der Waals surface area (Å²) >= 11 is 6.07. The van der Waals surface area contributed by atoms with E-state index in [4.69, 9.17) is 16.3 Å². The molecule has 1 aliphatic heterocycles. The van der Waals surface area contributed by atoms with Crippen molar-refractivity contribution in [3.05, 3.63) is 130 Å². The second-order valence-corrected chi connectivity index (χ2v) is 9.93. The molecule has 0 saturated carbocycles. The van der Waals surface area contributed by atoms with Gasteiger partial charge in [0.2, 0.25) is 0 Å². The molecule has 0 fully saturated rings. The van der Waals surface area contributed by atoms with E-state index in [-0.39, 0.29) is 5.78 Å². The van der Waals surface area contributed by atoms with Crippen LogP contribution in [0, 0.1) is 11.8 Å². The van der Waals surface area contributed by atoms with Crippen LogP contribution in [0.25, 0.3) is 0 Å². The molecule has 5 rings (SSSR count). The molecule has 3 atom stereocenters. The summed E-state index contributed by atoms with van der Waals surface area (Å²) in [6.07, 6.45) is -0.829. The first-order chi connectivity index (χ1) is 18.3. The predicted molar refractivity (Wildman–Crippen MR) is 148 cm³/mol. The molecule has 0 radical (unpaired) electrons. The second-order valence-electron chi connectivity index (χ2n) is 9.49. The fourth-order valence-electron chi connectivity index (χ4n) is 4.89. The van der Waals surface area contributed by atoms with Crippen LogP contribution in [0.4, 0.5) is 5.69 Å². The summed E-state index contributed by atoms with van der Waals surface area (Å²) in [5.74, 6) is -3.14. The number of carbonyl (C=O) groups is 3. The average Bonchev–Trinajstić information content (AvgIpc) is 2.95. The lowest BCUT2D eigenvalue weighted by Gasteiger charge is -2.36. The minimum absolute atomic E-state index is 0.300. The minimum Gasteiger partial charge on any atom is -0.484 e. The van der Waals surface area contributed by atoms with Crippen molar-refractivity contribution in [3.63, 3.8) is 0 Å². The molecule has 6 heteroatoms. The second kappa shape index (κ2) is 10.6. The third-order valence-corrected chi connectivity index (χ3v) is 7.14. The predicted octanol–water partition coefficient (Wildman–Crippen LogP) is 6.72. The summed E-state index contributed by atoms with van der Waals surface area (Å²) in [5, 5.41) is 0.469. The molecule has 38 heavy (non-hydrogen) atoms. The molecule has 4 aromatic carbocycles. The SMILES string of the molecule is CN(C)c1ccc(C(=O)C(C(=O)c2ccc(Cl)cc2)C2C(=O)c3ccccc3OC2c2ccccc2)cc1. The Kier molecular flexibility index (Phi) is 7.12. The highest BCUT2D eigenvalue weighted by Gasteiger charge is 2.49. The average molecular weight is 524 g/mol. The Morgan fingerprint density at radius 2 is 1.32 bits per heavy atom. The molecule has 0 aliphatic carbocycles. The van der Waals surface area contributed by atoms with Crippen molar-refractivity contribution >= 4 is 34.6 Å². The number of hydrogen-bond acceptors (Lipinski definition) is 5. The molecule has 0 amide bonds. The standard InChI is InChI=1S/C32H26ClNO4/c1-34(2)24-18-14-21(15-19-24)30(36)27(29(35)20-12-16-23(33)17-13-20)28-31(37)25-10-6-7-11-26(25)38-32(28)22-8-4-3-5-9-22/h3-19,27-28,32H,1-2H3. The summed E-state index contributed by atoms with van der Waals surface area (Å²) in [6, 6.07) is 29.6. The molecule has 5 nitrogen and oxygen atoms in total. The van der Waals surface area contributed by atoms with Crippen LogP contribution in [0.15, 0.2) is 103 Å². The largest absolute Gasteiger partial charge is 0.484 e. The number of rotatable bonds is 7. The lowest BCUT2D eigenvalue weighted by Crippen LogP contribution is -2.43. The maximum absolute atomic E-state index is 14.2. The van der Waals surface area contributed by atoms with Gasteiger partial charge in [0.25, 0.3) is 0 Å². The quantitative estimate of drug-likeness (QED) is 0.199. The van der Waals surface area contributed by atoms with Gasteiger partial charge < -0.3 is 9.64 Å². The smallest absolute Gasteiger partial charge is 0.174 e. The van der Waals surface area contributed by atoms with Crippen molar-refractivity contribution in [3.8, 4) is 5.75 Å². The molecule has 0 saturated heterocycles. The van der Waals surface area contributed by atoms with E-state index in [0.29, 0.717) is 33.0 Å². The Balaban J connectivity index is 1.67. The monoisotopic (exact) mass is 523 g/mol. The lowest BCUT2D eigenvalue weighted by molar-refractivity contribution is 0.0428. The summed E-state index contributed by atoms with van der Waals surface area (Å²) in [6.45, 7) is 0. The number of Topliss-reactive ketones (excluding diaryl/α,β-unsaturated/α-hetero) is 3. The van der Waals surface area contributed by atoms with Crippen LogP contribution in [0.5, 0.6) is 5.75 Å². The van der Waals surface area contributed by atoms with E-state index in [1.807, 2.05) is 61.5 Å². The normalized spacial score (nSPS) is 17.2. The maximum atomic E-state index is 14.2. The van der Waals surface area contributed by atoms with E-state index in [1.54, 1.807) is 60.7 Å². The number of carbonyl (C=O) groups excluding carboxylic acids is 3. The van der Waals surface area contributed by atoms with Gasteiger partial charge in [-0.25, -0.2) is 0 Å². The van der Waals surface area contributed by atoms with Crippen LogP contribution in [-0.2, 0) is 0 Å². The van der Waals surface area contributed by atoms with Crippen LogP contribution in [0.2, 0.25) is 5.02 Å². The fourth-order valence-corrected chi connectivity index (χ4v) is 5.01. The van der Waals surface area contributed by atoms with Crippen molar-refractivity contribution in [2.24, 2.45) is 11.8 Å². The van der Waals surface area contributed by atoms with Crippen molar-refractivity contribution in [2.75, 3.05) is 19.0 Å². The zero-order chi connectivity index (χ0) is 26.8. The van der Waals surface area contributed by atoms with E-state index in [1.165, 1.54) is 0 Å². The van der Waals surface area contributed by atoms with Crippen LogP contribution >= 0.6 is 11.6 Å².